The van der Waals surface area contributed by atoms with Crippen LogP contribution in [0.3, 0.4) is 0 Å². The molecule has 104 valence electrons. The van der Waals surface area contributed by atoms with Gasteiger partial charge >= 0.3 is 0 Å². The van der Waals surface area contributed by atoms with Crippen molar-refractivity contribution in [3.8, 4) is 11.8 Å². The molecule has 2 rings (SSSR count). The highest BCUT2D eigenvalue weighted by molar-refractivity contribution is 7.92. The third kappa shape index (κ3) is 3.38. The zero-order chi connectivity index (χ0) is 14.4. The van der Waals surface area contributed by atoms with Crippen molar-refractivity contribution < 1.29 is 13.5 Å². The maximum Gasteiger partial charge on any atom is 0.265 e. The first kappa shape index (κ1) is 14.1. The third-order valence-electron chi connectivity index (χ3n) is 2.37. The Morgan fingerprint density at radius 3 is 2.85 bits per heavy atom. The first-order chi connectivity index (χ1) is 9.63. The summed E-state index contributed by atoms with van der Waals surface area (Å²) in [5.74, 6) is 5.59. The second-order valence-corrected chi connectivity index (χ2v) is 5.47. The summed E-state index contributed by atoms with van der Waals surface area (Å²) in [4.78, 5) is 6.55. The number of aliphatic hydroxyl groups is 1. The molecule has 0 bridgehead atoms. The van der Waals surface area contributed by atoms with E-state index in [4.69, 9.17) is 5.11 Å². The van der Waals surface area contributed by atoms with Gasteiger partial charge in [-0.2, -0.15) is 0 Å². The monoisotopic (exact) mass is 291 g/mol. The fraction of sp³-hybridized carbons (Fsp3) is 0.154. The molecule has 0 radical (unpaired) electrons. The van der Waals surface area contributed by atoms with E-state index >= 15 is 0 Å². The lowest BCUT2D eigenvalue weighted by Gasteiger charge is -2.07. The fourth-order valence-corrected chi connectivity index (χ4v) is 2.66. The van der Waals surface area contributed by atoms with Crippen molar-refractivity contribution in [1.82, 2.24) is 9.97 Å². The van der Waals surface area contributed by atoms with Gasteiger partial charge in [-0.1, -0.05) is 24.0 Å². The normalized spacial score (nSPS) is 10.7. The van der Waals surface area contributed by atoms with E-state index in [9.17, 15) is 8.42 Å². The molecule has 0 aliphatic heterocycles. The molecule has 0 saturated carbocycles. The first-order valence-electron chi connectivity index (χ1n) is 5.84. The van der Waals surface area contributed by atoms with Gasteiger partial charge in [0.15, 0.2) is 0 Å². The summed E-state index contributed by atoms with van der Waals surface area (Å²) < 4.78 is 26.9. The number of anilines is 1. The van der Waals surface area contributed by atoms with Gasteiger partial charge in [0, 0.05) is 24.4 Å². The van der Waals surface area contributed by atoms with E-state index in [1.54, 1.807) is 18.2 Å². The van der Waals surface area contributed by atoms with E-state index in [-0.39, 0.29) is 17.5 Å². The molecular weight excluding hydrogens is 278 g/mol. The lowest BCUT2D eigenvalue weighted by Crippen LogP contribution is -2.15. The van der Waals surface area contributed by atoms with Crippen LogP contribution < -0.4 is 4.72 Å². The van der Waals surface area contributed by atoms with E-state index in [0.717, 1.165) is 0 Å². The van der Waals surface area contributed by atoms with Crippen LogP contribution in [0.1, 0.15) is 12.0 Å². The number of aliphatic hydroxyl groups excluding tert-OH is 1. The van der Waals surface area contributed by atoms with Gasteiger partial charge in [-0.25, -0.2) is 18.1 Å². The quantitative estimate of drug-likeness (QED) is 0.731. The average Bonchev–Trinajstić information content (AvgIpc) is 2.91. The highest BCUT2D eigenvalue weighted by atomic mass is 32.2. The fourth-order valence-electron chi connectivity index (χ4n) is 1.52. The molecule has 20 heavy (non-hydrogen) atoms. The molecule has 1 aromatic heterocycles. The number of rotatable bonds is 4. The van der Waals surface area contributed by atoms with Crippen molar-refractivity contribution in [2.45, 2.75) is 11.3 Å². The summed E-state index contributed by atoms with van der Waals surface area (Å²) >= 11 is 0. The molecule has 0 amide bonds. The van der Waals surface area contributed by atoms with Crippen molar-refractivity contribution in [2.75, 3.05) is 11.3 Å². The van der Waals surface area contributed by atoms with E-state index < -0.39 is 10.0 Å². The number of benzene rings is 1. The SMILES string of the molecule is O=S(=O)(Nc1ncc[nH]1)c1ccccc1C#CCCO. The van der Waals surface area contributed by atoms with Crippen LogP contribution in [-0.2, 0) is 10.0 Å². The van der Waals surface area contributed by atoms with Crippen LogP contribution in [0.4, 0.5) is 5.95 Å². The molecular formula is C13H13N3O3S. The van der Waals surface area contributed by atoms with Gasteiger partial charge in [-0.05, 0) is 12.1 Å². The van der Waals surface area contributed by atoms with Crippen molar-refractivity contribution in [1.29, 1.82) is 0 Å². The number of sulfonamides is 1. The Bertz CT molecular complexity index is 728. The zero-order valence-corrected chi connectivity index (χ0v) is 11.3. The minimum atomic E-state index is -3.76. The molecule has 7 heteroatoms. The van der Waals surface area contributed by atoms with Crippen molar-refractivity contribution in [3.05, 3.63) is 42.2 Å². The average molecular weight is 291 g/mol. The number of H-pyrrole nitrogens is 1. The predicted octanol–water partition coefficient (Wildman–Crippen LogP) is 0.944. The van der Waals surface area contributed by atoms with Crippen LogP contribution in [0.25, 0.3) is 0 Å². The first-order valence-corrected chi connectivity index (χ1v) is 7.33. The highest BCUT2D eigenvalue weighted by Gasteiger charge is 2.18. The summed E-state index contributed by atoms with van der Waals surface area (Å²) in [6, 6.07) is 6.40. The van der Waals surface area contributed by atoms with Crippen molar-refractivity contribution >= 4 is 16.0 Å². The summed E-state index contributed by atoms with van der Waals surface area (Å²) in [6.45, 7) is -0.0629. The second-order valence-electron chi connectivity index (χ2n) is 3.81. The van der Waals surface area contributed by atoms with E-state index in [1.807, 2.05) is 0 Å². The number of hydrogen-bond donors (Lipinski definition) is 3. The molecule has 1 heterocycles. The van der Waals surface area contributed by atoms with Gasteiger partial charge in [0.25, 0.3) is 10.0 Å². The Kier molecular flexibility index (Phi) is 4.40. The number of nitrogens with zero attached hydrogens (tertiary/aromatic N) is 1. The summed E-state index contributed by atoms with van der Waals surface area (Å²) in [5.41, 5.74) is 0.375. The molecule has 0 unspecified atom stereocenters. The molecule has 2 aromatic rings. The number of nitrogens with one attached hydrogen (secondary N) is 2. The standard InChI is InChI=1S/C13H13N3O3S/c17-10-4-3-6-11-5-1-2-7-12(11)20(18,19)16-13-14-8-9-15-13/h1-2,5,7-9,17H,4,10H2,(H2,14,15,16). The Morgan fingerprint density at radius 2 is 2.15 bits per heavy atom. The summed E-state index contributed by atoms with van der Waals surface area (Å²) in [6.07, 6.45) is 3.26. The van der Waals surface area contributed by atoms with Gasteiger partial charge in [0.05, 0.1) is 6.61 Å². The second kappa shape index (κ2) is 6.23. The van der Waals surface area contributed by atoms with Crippen LogP contribution in [-0.4, -0.2) is 30.1 Å². The Hall–Kier alpha value is -2.30. The molecule has 0 aliphatic rings. The molecule has 0 spiro atoms. The molecule has 0 aliphatic carbocycles. The van der Waals surface area contributed by atoms with E-state index in [0.29, 0.717) is 12.0 Å². The lowest BCUT2D eigenvalue weighted by molar-refractivity contribution is 0.305. The van der Waals surface area contributed by atoms with Gasteiger partial charge in [0.1, 0.15) is 4.90 Å². The zero-order valence-electron chi connectivity index (χ0n) is 10.5. The molecule has 0 saturated heterocycles. The largest absolute Gasteiger partial charge is 0.395 e. The maximum atomic E-state index is 12.3. The van der Waals surface area contributed by atoms with Gasteiger partial charge in [-0.3, -0.25) is 0 Å². The molecule has 3 N–H and O–H groups in total. The van der Waals surface area contributed by atoms with E-state index in [2.05, 4.69) is 26.5 Å². The van der Waals surface area contributed by atoms with Crippen molar-refractivity contribution in [3.63, 3.8) is 0 Å². The third-order valence-corrected chi connectivity index (χ3v) is 3.76. The highest BCUT2D eigenvalue weighted by Crippen LogP contribution is 2.17. The van der Waals surface area contributed by atoms with Crippen LogP contribution in [0, 0.1) is 11.8 Å². The summed E-state index contributed by atoms with van der Waals surface area (Å²) in [5, 5.41) is 8.70. The smallest absolute Gasteiger partial charge is 0.265 e. The molecule has 0 fully saturated rings. The van der Waals surface area contributed by atoms with Crippen LogP contribution in [0.15, 0.2) is 41.6 Å². The maximum absolute atomic E-state index is 12.3. The molecule has 0 atom stereocenters. The van der Waals surface area contributed by atoms with Crippen LogP contribution in [0.2, 0.25) is 0 Å². The van der Waals surface area contributed by atoms with Crippen LogP contribution >= 0.6 is 0 Å². The Labute approximate surface area is 116 Å². The Morgan fingerprint density at radius 1 is 1.35 bits per heavy atom. The van der Waals surface area contributed by atoms with Crippen LogP contribution in [0.5, 0.6) is 0 Å². The lowest BCUT2D eigenvalue weighted by atomic mass is 10.2. The minimum Gasteiger partial charge on any atom is -0.395 e. The number of aromatic amines is 1. The predicted molar refractivity (Wildman–Crippen MR) is 74.4 cm³/mol. The van der Waals surface area contributed by atoms with Crippen molar-refractivity contribution in [2.24, 2.45) is 0 Å². The number of aromatic nitrogens is 2. The number of hydrogen-bond acceptors (Lipinski definition) is 4. The summed E-state index contributed by atoms with van der Waals surface area (Å²) in [7, 11) is -3.76. The minimum absolute atomic E-state index is 0.0629. The van der Waals surface area contributed by atoms with Gasteiger partial charge in [0.2, 0.25) is 5.95 Å². The Balaban J connectivity index is 2.35. The van der Waals surface area contributed by atoms with E-state index in [1.165, 1.54) is 18.5 Å². The van der Waals surface area contributed by atoms with Gasteiger partial charge in [-0.15, -0.1) is 0 Å². The molecule has 6 nitrogen and oxygen atoms in total. The number of imidazole rings is 1. The van der Waals surface area contributed by atoms with Gasteiger partial charge < -0.3 is 10.1 Å². The topological polar surface area (TPSA) is 95.1 Å². The molecule has 1 aromatic carbocycles.